The minimum Gasteiger partial charge on any atom is -0.492 e. The third kappa shape index (κ3) is 4.21. The molecule has 5 nitrogen and oxygen atoms in total. The molecule has 0 amide bonds. The third-order valence-corrected chi connectivity index (χ3v) is 2.99. The van der Waals surface area contributed by atoms with Crippen molar-refractivity contribution >= 4 is 11.5 Å². The SMILES string of the molecule is CCOc1ccc(C(=O)C(C)NC(C)(C)CO)cc1N. The van der Waals surface area contributed by atoms with E-state index < -0.39 is 11.6 Å². The van der Waals surface area contributed by atoms with Crippen molar-refractivity contribution in [3.63, 3.8) is 0 Å². The van der Waals surface area contributed by atoms with Gasteiger partial charge in [0, 0.05) is 11.1 Å². The van der Waals surface area contributed by atoms with Crippen LogP contribution in [0.3, 0.4) is 0 Å². The summed E-state index contributed by atoms with van der Waals surface area (Å²) < 4.78 is 5.34. The zero-order valence-electron chi connectivity index (χ0n) is 12.6. The zero-order chi connectivity index (χ0) is 15.3. The molecule has 0 heterocycles. The van der Waals surface area contributed by atoms with Crippen molar-refractivity contribution in [3.8, 4) is 5.75 Å². The predicted octanol–water partition coefficient (Wildman–Crippen LogP) is 1.60. The summed E-state index contributed by atoms with van der Waals surface area (Å²) in [4.78, 5) is 12.3. The first kappa shape index (κ1) is 16.5. The van der Waals surface area contributed by atoms with Crippen LogP contribution in [0.5, 0.6) is 5.75 Å². The van der Waals surface area contributed by atoms with Gasteiger partial charge < -0.3 is 20.9 Å². The summed E-state index contributed by atoms with van der Waals surface area (Å²) in [6, 6.07) is 4.62. The molecule has 0 radical (unpaired) electrons. The van der Waals surface area contributed by atoms with Crippen LogP contribution in [0.1, 0.15) is 38.1 Å². The maximum absolute atomic E-state index is 12.3. The smallest absolute Gasteiger partial charge is 0.179 e. The number of hydrogen-bond acceptors (Lipinski definition) is 5. The fourth-order valence-electron chi connectivity index (χ4n) is 1.94. The molecule has 112 valence electrons. The van der Waals surface area contributed by atoms with Gasteiger partial charge >= 0.3 is 0 Å². The number of anilines is 1. The van der Waals surface area contributed by atoms with E-state index in [-0.39, 0.29) is 12.4 Å². The van der Waals surface area contributed by atoms with Gasteiger partial charge in [-0.2, -0.15) is 0 Å². The van der Waals surface area contributed by atoms with Gasteiger partial charge in [-0.05, 0) is 45.9 Å². The maximum atomic E-state index is 12.3. The molecule has 1 atom stereocenters. The van der Waals surface area contributed by atoms with E-state index in [9.17, 15) is 9.90 Å². The van der Waals surface area contributed by atoms with E-state index in [1.165, 1.54) is 0 Å². The number of carbonyl (C=O) groups is 1. The van der Waals surface area contributed by atoms with Crippen molar-refractivity contribution in [1.82, 2.24) is 5.32 Å². The molecule has 4 N–H and O–H groups in total. The number of aliphatic hydroxyl groups excluding tert-OH is 1. The summed E-state index contributed by atoms with van der Waals surface area (Å²) in [5, 5.41) is 12.3. The first-order valence-electron chi connectivity index (χ1n) is 6.76. The van der Waals surface area contributed by atoms with Gasteiger partial charge in [0.25, 0.3) is 0 Å². The van der Waals surface area contributed by atoms with Crippen molar-refractivity contribution in [2.75, 3.05) is 18.9 Å². The number of aliphatic hydroxyl groups is 1. The van der Waals surface area contributed by atoms with Crippen molar-refractivity contribution < 1.29 is 14.6 Å². The third-order valence-electron chi connectivity index (χ3n) is 2.99. The van der Waals surface area contributed by atoms with Gasteiger partial charge in [0.1, 0.15) is 5.75 Å². The lowest BCUT2D eigenvalue weighted by Gasteiger charge is -2.27. The highest BCUT2D eigenvalue weighted by Gasteiger charge is 2.24. The average Bonchev–Trinajstić information content (AvgIpc) is 2.40. The highest BCUT2D eigenvalue weighted by molar-refractivity contribution is 6.00. The number of hydrogen-bond donors (Lipinski definition) is 3. The molecule has 1 rings (SSSR count). The highest BCUT2D eigenvalue weighted by atomic mass is 16.5. The Labute approximate surface area is 120 Å². The highest BCUT2D eigenvalue weighted by Crippen LogP contribution is 2.23. The number of nitrogens with one attached hydrogen (secondary N) is 1. The number of benzene rings is 1. The Bertz CT molecular complexity index is 472. The topological polar surface area (TPSA) is 84.6 Å². The Morgan fingerprint density at radius 1 is 1.50 bits per heavy atom. The van der Waals surface area contributed by atoms with Crippen LogP contribution in [0.4, 0.5) is 5.69 Å². The van der Waals surface area contributed by atoms with E-state index in [4.69, 9.17) is 10.5 Å². The number of Topliss-reactive ketones (excluding diaryl/α,β-unsaturated/α-hetero) is 1. The Morgan fingerprint density at radius 3 is 2.65 bits per heavy atom. The summed E-state index contributed by atoms with van der Waals surface area (Å²) in [5.74, 6) is 0.515. The van der Waals surface area contributed by atoms with Crippen LogP contribution in [-0.4, -0.2) is 35.7 Å². The second-order valence-electron chi connectivity index (χ2n) is 5.46. The molecular formula is C15H24N2O3. The first-order valence-corrected chi connectivity index (χ1v) is 6.76. The number of ketones is 1. The van der Waals surface area contributed by atoms with E-state index in [1.54, 1.807) is 25.1 Å². The van der Waals surface area contributed by atoms with Gasteiger partial charge in [-0.3, -0.25) is 4.79 Å². The standard InChI is InChI=1S/C15H24N2O3/c1-5-20-13-7-6-11(8-12(13)16)14(19)10(2)17-15(3,4)9-18/h6-8,10,17-18H,5,9,16H2,1-4H3. The lowest BCUT2D eigenvalue weighted by molar-refractivity contribution is 0.0911. The zero-order valence-corrected chi connectivity index (χ0v) is 12.6. The summed E-state index contributed by atoms with van der Waals surface area (Å²) >= 11 is 0. The van der Waals surface area contributed by atoms with Gasteiger partial charge in [0.05, 0.1) is 24.9 Å². The summed E-state index contributed by atoms with van der Waals surface area (Å²) in [7, 11) is 0. The molecule has 1 aromatic carbocycles. The molecule has 0 aliphatic heterocycles. The number of carbonyl (C=O) groups excluding carboxylic acids is 1. The van der Waals surface area contributed by atoms with Crippen LogP contribution in [0.25, 0.3) is 0 Å². The Kier molecular flexibility index (Phi) is 5.53. The number of rotatable bonds is 7. The van der Waals surface area contributed by atoms with Crippen molar-refractivity contribution in [2.45, 2.75) is 39.3 Å². The van der Waals surface area contributed by atoms with Crippen LogP contribution < -0.4 is 15.8 Å². The van der Waals surface area contributed by atoms with Crippen molar-refractivity contribution in [2.24, 2.45) is 0 Å². The number of nitrogens with two attached hydrogens (primary N) is 1. The minimum absolute atomic E-state index is 0.0456. The van der Waals surface area contributed by atoms with Crippen LogP contribution in [0.15, 0.2) is 18.2 Å². The molecule has 1 unspecified atom stereocenters. The lowest BCUT2D eigenvalue weighted by atomic mass is 10.00. The molecule has 5 heteroatoms. The quantitative estimate of drug-likeness (QED) is 0.522. The second-order valence-corrected chi connectivity index (χ2v) is 5.46. The van der Waals surface area contributed by atoms with E-state index in [1.807, 2.05) is 20.8 Å². The minimum atomic E-state index is -0.508. The molecule has 0 saturated heterocycles. The molecule has 0 fully saturated rings. The van der Waals surface area contributed by atoms with Crippen molar-refractivity contribution in [3.05, 3.63) is 23.8 Å². The van der Waals surface area contributed by atoms with Crippen molar-refractivity contribution in [1.29, 1.82) is 0 Å². The Morgan fingerprint density at radius 2 is 2.15 bits per heavy atom. The second kappa shape index (κ2) is 6.72. The Balaban J connectivity index is 2.84. The van der Waals surface area contributed by atoms with Gasteiger partial charge in [-0.25, -0.2) is 0 Å². The van der Waals surface area contributed by atoms with Crippen LogP contribution in [0.2, 0.25) is 0 Å². The van der Waals surface area contributed by atoms with E-state index in [0.717, 1.165) is 0 Å². The molecule has 0 aliphatic rings. The largest absolute Gasteiger partial charge is 0.492 e. The van der Waals surface area contributed by atoms with Crippen LogP contribution in [0, 0.1) is 0 Å². The summed E-state index contributed by atoms with van der Waals surface area (Å²) in [5.41, 5.74) is 6.33. The Hall–Kier alpha value is -1.59. The van der Waals surface area contributed by atoms with E-state index in [0.29, 0.717) is 23.6 Å². The van der Waals surface area contributed by atoms with Gasteiger partial charge in [-0.1, -0.05) is 0 Å². The molecular weight excluding hydrogens is 256 g/mol. The maximum Gasteiger partial charge on any atom is 0.179 e. The molecule has 0 aromatic heterocycles. The van der Waals surface area contributed by atoms with E-state index >= 15 is 0 Å². The summed E-state index contributed by atoms with van der Waals surface area (Å²) in [6.07, 6.45) is 0. The number of nitrogen functional groups attached to an aromatic ring is 1. The monoisotopic (exact) mass is 280 g/mol. The van der Waals surface area contributed by atoms with Crippen LogP contribution in [-0.2, 0) is 0 Å². The normalized spacial score (nSPS) is 13.1. The molecule has 0 saturated carbocycles. The molecule has 20 heavy (non-hydrogen) atoms. The van der Waals surface area contributed by atoms with E-state index in [2.05, 4.69) is 5.32 Å². The molecule has 0 aliphatic carbocycles. The summed E-state index contributed by atoms with van der Waals surface area (Å²) in [6.45, 7) is 7.80. The number of ether oxygens (including phenoxy) is 1. The lowest BCUT2D eigenvalue weighted by Crippen LogP contribution is -2.50. The van der Waals surface area contributed by atoms with Gasteiger partial charge in [0.15, 0.2) is 5.78 Å². The predicted molar refractivity (Wildman–Crippen MR) is 80.1 cm³/mol. The van der Waals surface area contributed by atoms with Gasteiger partial charge in [0.2, 0.25) is 0 Å². The fourth-order valence-corrected chi connectivity index (χ4v) is 1.94. The molecule has 0 bridgehead atoms. The average molecular weight is 280 g/mol. The molecule has 1 aromatic rings. The fraction of sp³-hybridized carbons (Fsp3) is 0.533. The van der Waals surface area contributed by atoms with Crippen LogP contribution >= 0.6 is 0 Å². The first-order chi connectivity index (χ1) is 9.30. The molecule has 0 spiro atoms. The van der Waals surface area contributed by atoms with Gasteiger partial charge in [-0.15, -0.1) is 0 Å².